The van der Waals surface area contributed by atoms with Crippen LogP contribution in [0.4, 0.5) is 0 Å². The maximum absolute atomic E-state index is 12.1. The van der Waals surface area contributed by atoms with Gasteiger partial charge in [-0.25, -0.2) is 4.79 Å². The second kappa shape index (κ2) is 12.7. The summed E-state index contributed by atoms with van der Waals surface area (Å²) in [5.41, 5.74) is -0.0743. The SMILES string of the molecule is C[C@]12CC[C@H](O)C[C@@]1(O)CC[C@@H]1[C@@H]2CC[C@]2(C)[C@@H](C3=CC(=O)OC3)CC[C@]12O.C[C@]12CC[C@H]3[C@@H](CCC4CCC=C[C@@]43C)[C@H]1CC[C@@H]2[C@@H]1COC(=O)C1. The fourth-order valence-corrected chi connectivity index (χ4v) is 16.8. The second-order valence-corrected chi connectivity index (χ2v) is 21.3. The number of hydrogen-bond acceptors (Lipinski definition) is 7. The summed E-state index contributed by atoms with van der Waals surface area (Å²) in [5, 5.41) is 33.8. The van der Waals surface area contributed by atoms with Crippen LogP contribution in [0.15, 0.2) is 23.8 Å². The number of carbonyl (C=O) groups is 2. The van der Waals surface area contributed by atoms with Crippen molar-refractivity contribution in [3.63, 3.8) is 0 Å². The Morgan fingerprint density at radius 3 is 2.23 bits per heavy atom. The van der Waals surface area contributed by atoms with Gasteiger partial charge in [-0.2, -0.15) is 0 Å². The number of rotatable bonds is 2. The average molecular weight is 733 g/mol. The Bertz CT molecular complexity index is 1550. The molecular formula is C46H68O7. The summed E-state index contributed by atoms with van der Waals surface area (Å²) in [6.07, 6.45) is 25.3. The standard InChI is InChI=1S/C23H34O5.C23H34O2/c1-20-7-3-15(24)12-22(20,26)9-5-18-17(20)4-8-21(2)16(6-10-23(18,21)27)14-11-19(25)28-13-14;1-22-11-4-3-5-16(22)6-7-17-19-9-8-18(15-13-21(24)25-14-15)23(19,2)12-10-20(17)22/h11,15-18,24,26-27H,3-10,12-13H2,1-2H3;4,11,15-20H,3,5-10,12-14H2,1-2H3/t15-,16+,17-,18+,20+,21+,22-,23-;15-,16?,17-,18+,19+,20-,22-,23+/m00/s1. The van der Waals surface area contributed by atoms with Crippen LogP contribution in [0.5, 0.6) is 0 Å². The number of aliphatic hydroxyl groups excluding tert-OH is 1. The molecule has 0 aromatic heterocycles. The molecule has 7 heteroatoms. The third-order valence-electron chi connectivity index (χ3n) is 19.8. The van der Waals surface area contributed by atoms with Gasteiger partial charge in [-0.15, -0.1) is 0 Å². The highest BCUT2D eigenvalue weighted by Crippen LogP contribution is 2.71. The molecule has 8 fully saturated rings. The summed E-state index contributed by atoms with van der Waals surface area (Å²) in [7, 11) is 0. The Labute approximate surface area is 318 Å². The molecule has 0 aromatic rings. The van der Waals surface area contributed by atoms with Crippen LogP contribution in [0.3, 0.4) is 0 Å². The molecule has 0 radical (unpaired) electrons. The van der Waals surface area contributed by atoms with Gasteiger partial charge in [0.2, 0.25) is 0 Å². The van der Waals surface area contributed by atoms with Gasteiger partial charge in [-0.05, 0) is 172 Å². The zero-order valence-corrected chi connectivity index (χ0v) is 33.1. The Morgan fingerprint density at radius 1 is 0.717 bits per heavy atom. The molecule has 3 N–H and O–H groups in total. The first-order valence-electron chi connectivity index (χ1n) is 22.0. The second-order valence-electron chi connectivity index (χ2n) is 21.3. The van der Waals surface area contributed by atoms with E-state index < -0.39 is 17.3 Å². The van der Waals surface area contributed by atoms with Crippen molar-refractivity contribution in [3.8, 4) is 0 Å². The zero-order chi connectivity index (χ0) is 37.2. The highest BCUT2D eigenvalue weighted by molar-refractivity contribution is 5.85. The smallest absolute Gasteiger partial charge is 0.331 e. The van der Waals surface area contributed by atoms with E-state index in [-0.39, 0.29) is 40.5 Å². The molecule has 10 aliphatic rings. The largest absolute Gasteiger partial charge is 0.465 e. The van der Waals surface area contributed by atoms with Gasteiger partial charge in [0.1, 0.15) is 6.61 Å². The van der Waals surface area contributed by atoms with E-state index in [0.717, 1.165) is 80.1 Å². The zero-order valence-electron chi connectivity index (χ0n) is 33.1. The van der Waals surface area contributed by atoms with Crippen molar-refractivity contribution in [2.45, 2.75) is 161 Å². The Balaban J connectivity index is 0.000000141. The van der Waals surface area contributed by atoms with Crippen molar-refractivity contribution in [2.24, 2.45) is 74.9 Å². The number of allylic oxidation sites excluding steroid dienone is 2. The van der Waals surface area contributed by atoms with Crippen LogP contribution in [0, 0.1) is 74.9 Å². The Morgan fingerprint density at radius 2 is 1.47 bits per heavy atom. The molecule has 0 aromatic carbocycles. The maximum Gasteiger partial charge on any atom is 0.331 e. The predicted molar refractivity (Wildman–Crippen MR) is 202 cm³/mol. The van der Waals surface area contributed by atoms with Crippen LogP contribution in [0.25, 0.3) is 0 Å². The molecule has 8 aliphatic carbocycles. The minimum absolute atomic E-state index is 0.0473. The van der Waals surface area contributed by atoms with E-state index in [1.807, 2.05) is 0 Å². The molecule has 1 saturated heterocycles. The van der Waals surface area contributed by atoms with Crippen LogP contribution < -0.4 is 0 Å². The number of fused-ring (bicyclic) bond motifs is 10. The van der Waals surface area contributed by atoms with Crippen molar-refractivity contribution in [2.75, 3.05) is 13.2 Å². The minimum Gasteiger partial charge on any atom is -0.465 e. The van der Waals surface area contributed by atoms with Gasteiger partial charge in [-0.1, -0.05) is 39.8 Å². The lowest BCUT2D eigenvalue weighted by Gasteiger charge is -2.66. The summed E-state index contributed by atoms with van der Waals surface area (Å²) in [5.74, 6) is 5.32. The molecule has 7 saturated carbocycles. The van der Waals surface area contributed by atoms with E-state index in [2.05, 4.69) is 39.8 Å². The first kappa shape index (κ1) is 36.9. The van der Waals surface area contributed by atoms with Crippen LogP contribution in [-0.4, -0.2) is 57.8 Å². The summed E-state index contributed by atoms with van der Waals surface area (Å²) in [6.45, 7) is 10.7. The first-order valence-corrected chi connectivity index (χ1v) is 22.0. The van der Waals surface area contributed by atoms with Crippen molar-refractivity contribution in [1.82, 2.24) is 0 Å². The lowest BCUT2D eigenvalue weighted by Crippen LogP contribution is -2.67. The van der Waals surface area contributed by atoms with Crippen LogP contribution in [0.1, 0.15) is 143 Å². The number of carbonyl (C=O) groups excluding carboxylic acids is 2. The Kier molecular flexibility index (Phi) is 8.81. The van der Waals surface area contributed by atoms with Gasteiger partial charge < -0.3 is 24.8 Å². The van der Waals surface area contributed by atoms with Gasteiger partial charge >= 0.3 is 11.9 Å². The topological polar surface area (TPSA) is 113 Å². The number of aliphatic hydroxyl groups is 3. The van der Waals surface area contributed by atoms with E-state index in [9.17, 15) is 24.9 Å². The predicted octanol–water partition coefficient (Wildman–Crippen LogP) is 8.09. The number of ether oxygens (including phenoxy) is 2. The van der Waals surface area contributed by atoms with Gasteiger partial charge in [0.15, 0.2) is 0 Å². The molecule has 10 rings (SSSR count). The van der Waals surface area contributed by atoms with Crippen molar-refractivity contribution >= 4 is 11.9 Å². The molecule has 2 aliphatic heterocycles. The monoisotopic (exact) mass is 732 g/mol. The van der Waals surface area contributed by atoms with E-state index in [0.29, 0.717) is 49.2 Å². The third-order valence-corrected chi connectivity index (χ3v) is 19.8. The third kappa shape index (κ3) is 5.26. The molecule has 53 heavy (non-hydrogen) atoms. The molecule has 0 spiro atoms. The van der Waals surface area contributed by atoms with Crippen molar-refractivity contribution in [3.05, 3.63) is 23.8 Å². The summed E-state index contributed by atoms with van der Waals surface area (Å²) in [6, 6.07) is 0. The molecule has 7 nitrogen and oxygen atoms in total. The molecule has 1 unspecified atom stereocenters. The summed E-state index contributed by atoms with van der Waals surface area (Å²) >= 11 is 0. The highest BCUT2D eigenvalue weighted by atomic mass is 16.5. The van der Waals surface area contributed by atoms with E-state index >= 15 is 0 Å². The van der Waals surface area contributed by atoms with Crippen LogP contribution >= 0.6 is 0 Å². The number of esters is 2. The number of hydrogen-bond donors (Lipinski definition) is 3. The fraction of sp³-hybridized carbons (Fsp3) is 0.870. The van der Waals surface area contributed by atoms with Crippen LogP contribution in [0.2, 0.25) is 0 Å². The van der Waals surface area contributed by atoms with Gasteiger partial charge in [0.25, 0.3) is 0 Å². The van der Waals surface area contributed by atoms with Crippen molar-refractivity contribution < 1.29 is 34.4 Å². The maximum atomic E-state index is 12.1. The summed E-state index contributed by atoms with van der Waals surface area (Å²) in [4.78, 5) is 23.3. The van der Waals surface area contributed by atoms with Gasteiger partial charge in [0.05, 0.1) is 30.3 Å². The van der Waals surface area contributed by atoms with E-state index in [4.69, 9.17) is 9.47 Å². The lowest BCUT2D eigenvalue weighted by atomic mass is 9.42. The fourth-order valence-electron chi connectivity index (χ4n) is 16.8. The normalized spacial score (nSPS) is 55.2. The molecule has 0 bridgehead atoms. The van der Waals surface area contributed by atoms with Crippen LogP contribution in [-0.2, 0) is 19.1 Å². The minimum atomic E-state index is -0.817. The molecule has 294 valence electrons. The van der Waals surface area contributed by atoms with Gasteiger partial charge in [-0.3, -0.25) is 4.79 Å². The molecule has 16 atom stereocenters. The quantitative estimate of drug-likeness (QED) is 0.194. The summed E-state index contributed by atoms with van der Waals surface area (Å²) < 4.78 is 10.5. The van der Waals surface area contributed by atoms with E-state index in [1.165, 1.54) is 51.4 Å². The average Bonchev–Trinajstić information content (AvgIpc) is 3.89. The highest BCUT2D eigenvalue weighted by Gasteiger charge is 2.70. The van der Waals surface area contributed by atoms with E-state index in [1.54, 1.807) is 6.08 Å². The molecular weight excluding hydrogens is 664 g/mol. The number of cyclic esters (lactones) is 2. The molecule has 2 heterocycles. The van der Waals surface area contributed by atoms with Gasteiger partial charge in [0, 0.05) is 23.8 Å². The lowest BCUT2D eigenvalue weighted by molar-refractivity contribution is -0.254. The van der Waals surface area contributed by atoms with Crippen molar-refractivity contribution in [1.29, 1.82) is 0 Å². The Hall–Kier alpha value is -1.70. The first-order chi connectivity index (χ1) is 25.2. The molecule has 0 amide bonds.